The minimum Gasteiger partial charge on any atom is -0.454 e. The third-order valence-electron chi connectivity index (χ3n) is 7.73. The van der Waals surface area contributed by atoms with Crippen LogP contribution in [0, 0.1) is 5.92 Å². The number of rotatable bonds is 5. The number of nitrogens with zero attached hydrogens (tertiary/aromatic N) is 1. The van der Waals surface area contributed by atoms with E-state index in [1.165, 1.54) is 17.6 Å². The molecule has 3 heterocycles. The monoisotopic (exact) mass is 474 g/mol. The maximum Gasteiger partial charge on any atom is 0.235 e. The first-order valence-electron chi connectivity index (χ1n) is 12.8. The molecule has 3 aliphatic rings. The van der Waals surface area contributed by atoms with E-state index in [1.54, 1.807) is 0 Å². The molecule has 184 valence electrons. The van der Waals surface area contributed by atoms with Crippen LogP contribution in [-0.4, -0.2) is 30.5 Å². The topological polar surface area (TPSA) is 61.7 Å². The molecule has 2 fully saturated rings. The SMILES string of the molecule is CC(C)(C)c1cc2cc(NC(=O)C3(c4ccc5c(c4)OCO5)CC3)ccc2n1C[C@@H]1CCCOC1. The lowest BCUT2D eigenvalue weighted by Gasteiger charge is -2.27. The number of benzene rings is 2. The predicted molar refractivity (Wildman–Crippen MR) is 136 cm³/mol. The zero-order valence-corrected chi connectivity index (χ0v) is 20.9. The van der Waals surface area contributed by atoms with E-state index in [9.17, 15) is 4.79 Å². The van der Waals surface area contributed by atoms with Crippen molar-refractivity contribution in [1.82, 2.24) is 4.57 Å². The molecule has 0 spiro atoms. The number of fused-ring (bicyclic) bond motifs is 2. The van der Waals surface area contributed by atoms with Crippen molar-refractivity contribution in [2.75, 3.05) is 25.3 Å². The minimum atomic E-state index is -0.487. The molecule has 3 aromatic rings. The molecule has 0 unspecified atom stereocenters. The van der Waals surface area contributed by atoms with Crippen LogP contribution in [0.5, 0.6) is 11.5 Å². The van der Waals surface area contributed by atoms with Crippen LogP contribution < -0.4 is 14.8 Å². The fourth-order valence-corrected chi connectivity index (χ4v) is 5.59. The fraction of sp³-hybridized carbons (Fsp3) is 0.483. The molecule has 1 saturated heterocycles. The summed E-state index contributed by atoms with van der Waals surface area (Å²) in [5.74, 6) is 2.05. The van der Waals surface area contributed by atoms with Crippen LogP contribution in [0.1, 0.15) is 57.7 Å². The van der Waals surface area contributed by atoms with Gasteiger partial charge in [-0.15, -0.1) is 0 Å². The molecule has 1 saturated carbocycles. The molecule has 1 aliphatic carbocycles. The number of anilines is 1. The summed E-state index contributed by atoms with van der Waals surface area (Å²) in [6, 6.07) is 14.5. The first-order chi connectivity index (χ1) is 16.8. The highest BCUT2D eigenvalue weighted by molar-refractivity contribution is 6.02. The Morgan fingerprint density at radius 2 is 1.91 bits per heavy atom. The third kappa shape index (κ3) is 4.08. The van der Waals surface area contributed by atoms with Gasteiger partial charge in [-0.1, -0.05) is 26.8 Å². The van der Waals surface area contributed by atoms with E-state index in [2.05, 4.69) is 48.9 Å². The molecule has 6 rings (SSSR count). The van der Waals surface area contributed by atoms with Crippen LogP contribution in [0.3, 0.4) is 0 Å². The van der Waals surface area contributed by atoms with Crippen LogP contribution in [0.4, 0.5) is 5.69 Å². The van der Waals surface area contributed by atoms with E-state index >= 15 is 0 Å². The highest BCUT2D eigenvalue weighted by Gasteiger charge is 2.51. The Morgan fingerprint density at radius 1 is 1.09 bits per heavy atom. The van der Waals surface area contributed by atoms with Crippen LogP contribution in [0.15, 0.2) is 42.5 Å². The molecule has 1 amide bonds. The Kier molecular flexibility index (Phi) is 5.33. The number of aromatic nitrogens is 1. The second-order valence-corrected chi connectivity index (χ2v) is 11.4. The van der Waals surface area contributed by atoms with Crippen molar-refractivity contribution in [1.29, 1.82) is 0 Å². The summed E-state index contributed by atoms with van der Waals surface area (Å²) in [5.41, 5.74) is 3.91. The van der Waals surface area contributed by atoms with Gasteiger partial charge in [0.05, 0.1) is 12.0 Å². The molecule has 6 nitrogen and oxygen atoms in total. The lowest BCUT2D eigenvalue weighted by molar-refractivity contribution is -0.118. The molecule has 0 bridgehead atoms. The van der Waals surface area contributed by atoms with E-state index in [4.69, 9.17) is 14.2 Å². The highest BCUT2D eigenvalue weighted by atomic mass is 16.7. The average molecular weight is 475 g/mol. The predicted octanol–water partition coefficient (Wildman–Crippen LogP) is 5.76. The maximum absolute atomic E-state index is 13.4. The number of hydrogen-bond acceptors (Lipinski definition) is 4. The molecular formula is C29H34N2O4. The van der Waals surface area contributed by atoms with Gasteiger partial charge in [-0.05, 0) is 67.6 Å². The first kappa shape index (κ1) is 22.5. The summed E-state index contributed by atoms with van der Waals surface area (Å²) in [6.45, 7) is 9.71. The number of amides is 1. The quantitative estimate of drug-likeness (QED) is 0.510. The van der Waals surface area contributed by atoms with Crippen molar-refractivity contribution < 1.29 is 19.0 Å². The van der Waals surface area contributed by atoms with E-state index < -0.39 is 5.41 Å². The second-order valence-electron chi connectivity index (χ2n) is 11.4. The zero-order valence-electron chi connectivity index (χ0n) is 20.9. The summed E-state index contributed by atoms with van der Waals surface area (Å²) in [5, 5.41) is 4.38. The number of carbonyl (C=O) groups is 1. The van der Waals surface area contributed by atoms with Crippen molar-refractivity contribution in [3.8, 4) is 11.5 Å². The van der Waals surface area contributed by atoms with E-state index in [0.717, 1.165) is 67.2 Å². The third-order valence-corrected chi connectivity index (χ3v) is 7.73. The Balaban J connectivity index is 1.27. The molecular weight excluding hydrogens is 440 g/mol. The van der Waals surface area contributed by atoms with Gasteiger partial charge in [0.25, 0.3) is 0 Å². The summed E-state index contributed by atoms with van der Waals surface area (Å²) in [7, 11) is 0. The second kappa shape index (κ2) is 8.30. The van der Waals surface area contributed by atoms with Crippen LogP contribution >= 0.6 is 0 Å². The van der Waals surface area contributed by atoms with E-state index in [1.807, 2.05) is 24.3 Å². The van der Waals surface area contributed by atoms with E-state index in [-0.39, 0.29) is 18.1 Å². The van der Waals surface area contributed by atoms with Gasteiger partial charge in [-0.2, -0.15) is 0 Å². The summed E-state index contributed by atoms with van der Waals surface area (Å²) < 4.78 is 19.2. The van der Waals surface area contributed by atoms with Gasteiger partial charge in [0.1, 0.15) is 0 Å². The number of nitrogens with one attached hydrogen (secondary N) is 1. The molecule has 1 aromatic heterocycles. The minimum absolute atomic E-state index is 0.0232. The lowest BCUT2D eigenvalue weighted by atomic mass is 9.91. The average Bonchev–Trinajstić information content (AvgIpc) is 3.38. The van der Waals surface area contributed by atoms with Crippen LogP contribution in [-0.2, 0) is 26.9 Å². The van der Waals surface area contributed by atoms with Gasteiger partial charge < -0.3 is 24.1 Å². The van der Waals surface area contributed by atoms with Gasteiger partial charge in [-0.25, -0.2) is 0 Å². The Hall–Kier alpha value is -2.99. The van der Waals surface area contributed by atoms with Crippen LogP contribution in [0.25, 0.3) is 10.9 Å². The van der Waals surface area contributed by atoms with Gasteiger partial charge in [0.15, 0.2) is 11.5 Å². The molecule has 0 radical (unpaired) electrons. The van der Waals surface area contributed by atoms with Gasteiger partial charge in [-0.3, -0.25) is 4.79 Å². The fourth-order valence-electron chi connectivity index (χ4n) is 5.59. The Morgan fingerprint density at radius 3 is 2.66 bits per heavy atom. The summed E-state index contributed by atoms with van der Waals surface area (Å²) in [6.07, 6.45) is 4.03. The number of carbonyl (C=O) groups excluding carboxylic acids is 1. The van der Waals surface area contributed by atoms with Gasteiger partial charge in [0.2, 0.25) is 12.7 Å². The molecule has 35 heavy (non-hydrogen) atoms. The normalized spacial score (nSPS) is 20.7. The van der Waals surface area contributed by atoms with Crippen LogP contribution in [0.2, 0.25) is 0 Å². The van der Waals surface area contributed by atoms with E-state index in [0.29, 0.717) is 5.92 Å². The first-order valence-corrected chi connectivity index (χ1v) is 12.8. The summed E-state index contributed by atoms with van der Waals surface area (Å²) >= 11 is 0. The molecule has 1 N–H and O–H groups in total. The van der Waals surface area contributed by atoms with Crippen molar-refractivity contribution in [3.05, 3.63) is 53.7 Å². The van der Waals surface area contributed by atoms with Crippen molar-refractivity contribution in [2.24, 2.45) is 5.92 Å². The molecule has 2 aromatic carbocycles. The molecule has 1 atom stereocenters. The van der Waals surface area contributed by atoms with Crippen molar-refractivity contribution in [3.63, 3.8) is 0 Å². The lowest BCUT2D eigenvalue weighted by Crippen LogP contribution is -2.27. The Bertz CT molecular complexity index is 1280. The van der Waals surface area contributed by atoms with Gasteiger partial charge in [0, 0.05) is 46.8 Å². The molecule has 6 heteroatoms. The summed E-state index contributed by atoms with van der Waals surface area (Å²) in [4.78, 5) is 13.4. The molecule has 2 aliphatic heterocycles. The largest absolute Gasteiger partial charge is 0.454 e. The number of hydrogen-bond donors (Lipinski definition) is 1. The van der Waals surface area contributed by atoms with Crippen molar-refractivity contribution in [2.45, 2.75) is 63.8 Å². The van der Waals surface area contributed by atoms with Gasteiger partial charge >= 0.3 is 0 Å². The smallest absolute Gasteiger partial charge is 0.235 e. The Labute approximate surface area is 206 Å². The van der Waals surface area contributed by atoms with Crippen molar-refractivity contribution >= 4 is 22.5 Å². The zero-order chi connectivity index (χ0) is 24.2. The highest BCUT2D eigenvalue weighted by Crippen LogP contribution is 2.51. The number of ether oxygens (including phenoxy) is 3. The maximum atomic E-state index is 13.4. The standard InChI is InChI=1S/C29H34N2O4/c1-28(2,3)26-14-20-13-22(7-8-23(20)31(26)16-19-5-4-12-33-17-19)30-27(32)29(10-11-29)21-6-9-24-25(15-21)35-18-34-24/h6-9,13-15,19H,4-5,10-12,16-18H2,1-3H3,(H,30,32)/t19-/m0/s1.